The highest BCUT2D eigenvalue weighted by molar-refractivity contribution is 5.80. The topological polar surface area (TPSA) is 29.6 Å². The molecule has 0 radical (unpaired) electrons. The minimum absolute atomic E-state index is 0.0700. The molecule has 0 aromatic rings. The summed E-state index contributed by atoms with van der Waals surface area (Å²) in [5.74, 6) is 1.39. The Morgan fingerprint density at radius 1 is 1.27 bits per heavy atom. The van der Waals surface area contributed by atoms with Gasteiger partial charge in [-0.15, -0.1) is 0 Å². The number of ketones is 1. The fourth-order valence-electron chi connectivity index (χ4n) is 3.45. The van der Waals surface area contributed by atoms with Gasteiger partial charge in [0.05, 0.1) is 11.7 Å². The van der Waals surface area contributed by atoms with Gasteiger partial charge in [0.15, 0.2) is 0 Å². The maximum Gasteiger partial charge on any atom is 0.137 e. The van der Waals surface area contributed by atoms with Gasteiger partial charge in [-0.05, 0) is 51.4 Å². The van der Waals surface area contributed by atoms with Crippen molar-refractivity contribution in [3.63, 3.8) is 0 Å². The summed E-state index contributed by atoms with van der Waals surface area (Å²) in [4.78, 5) is 12.2. The maximum atomic E-state index is 12.2. The van der Waals surface area contributed by atoms with Crippen LogP contribution in [0.3, 0.4) is 0 Å². The molecule has 0 bridgehead atoms. The van der Waals surface area contributed by atoms with E-state index in [1.165, 1.54) is 11.1 Å². The lowest BCUT2D eigenvalue weighted by Gasteiger charge is -2.15. The highest BCUT2D eigenvalue weighted by Gasteiger charge is 2.50. The van der Waals surface area contributed by atoms with Gasteiger partial charge in [-0.25, -0.2) is 0 Å². The molecule has 2 heteroatoms. The van der Waals surface area contributed by atoms with E-state index in [1.807, 2.05) is 0 Å². The zero-order valence-electron chi connectivity index (χ0n) is 14.9. The van der Waals surface area contributed by atoms with E-state index >= 15 is 0 Å². The van der Waals surface area contributed by atoms with Gasteiger partial charge >= 0.3 is 0 Å². The van der Waals surface area contributed by atoms with Crippen LogP contribution in [0.15, 0.2) is 23.3 Å². The van der Waals surface area contributed by atoms with E-state index in [1.54, 1.807) is 0 Å². The Morgan fingerprint density at radius 2 is 2.00 bits per heavy atom. The number of carbonyl (C=O) groups excluding carboxylic acids is 1. The van der Waals surface area contributed by atoms with Crippen molar-refractivity contribution in [2.45, 2.75) is 84.8 Å². The van der Waals surface area contributed by atoms with Gasteiger partial charge in [0, 0.05) is 12.8 Å². The highest BCUT2D eigenvalue weighted by atomic mass is 16.6. The van der Waals surface area contributed by atoms with Crippen molar-refractivity contribution in [3.05, 3.63) is 23.3 Å². The maximum absolute atomic E-state index is 12.2. The number of fused-ring (bicyclic) bond motifs is 1. The Balaban J connectivity index is 2.14. The zero-order chi connectivity index (χ0) is 16.3. The second-order valence-corrected chi connectivity index (χ2v) is 7.93. The van der Waals surface area contributed by atoms with Crippen LogP contribution in [0.25, 0.3) is 0 Å². The number of allylic oxidation sites excluding steroid dienone is 4. The number of Topliss-reactive ketones (excluding diaryl/α,β-unsaturated/α-hetero) is 1. The molecule has 0 N–H and O–H groups in total. The molecule has 1 aliphatic heterocycles. The second-order valence-electron chi connectivity index (χ2n) is 7.93. The van der Waals surface area contributed by atoms with E-state index < -0.39 is 0 Å². The molecule has 3 atom stereocenters. The van der Waals surface area contributed by atoms with Crippen molar-refractivity contribution in [1.29, 1.82) is 0 Å². The quantitative estimate of drug-likeness (QED) is 0.621. The Morgan fingerprint density at radius 3 is 2.68 bits per heavy atom. The molecule has 2 aliphatic rings. The van der Waals surface area contributed by atoms with Crippen LogP contribution in [0.5, 0.6) is 0 Å². The fourth-order valence-corrected chi connectivity index (χ4v) is 3.45. The molecule has 2 rings (SSSR count). The van der Waals surface area contributed by atoms with Gasteiger partial charge in [-0.2, -0.15) is 0 Å². The van der Waals surface area contributed by atoms with Crippen molar-refractivity contribution in [2.24, 2.45) is 11.8 Å². The fraction of sp³-hybridized carbons (Fsp3) is 0.750. The minimum atomic E-state index is 0.0700. The van der Waals surface area contributed by atoms with Crippen LogP contribution in [0.1, 0.15) is 73.1 Å². The lowest BCUT2D eigenvalue weighted by Crippen LogP contribution is -2.13. The van der Waals surface area contributed by atoms with Crippen molar-refractivity contribution in [3.8, 4) is 0 Å². The summed E-state index contributed by atoms with van der Waals surface area (Å²) >= 11 is 0. The van der Waals surface area contributed by atoms with Gasteiger partial charge in [-0.3, -0.25) is 4.79 Å². The summed E-state index contributed by atoms with van der Waals surface area (Å²) in [6.07, 6.45) is 10.5. The van der Waals surface area contributed by atoms with Gasteiger partial charge in [0.2, 0.25) is 0 Å². The Labute approximate surface area is 136 Å². The third kappa shape index (κ3) is 4.81. The molecule has 1 saturated heterocycles. The third-order valence-corrected chi connectivity index (χ3v) is 5.24. The van der Waals surface area contributed by atoms with E-state index in [9.17, 15) is 4.79 Å². The normalized spacial score (nSPS) is 39.3. The van der Waals surface area contributed by atoms with Crippen LogP contribution in [0.4, 0.5) is 0 Å². The smallest absolute Gasteiger partial charge is 0.137 e. The molecule has 1 aliphatic carbocycles. The zero-order valence-corrected chi connectivity index (χ0v) is 14.9. The number of hydrogen-bond donors (Lipinski definition) is 0. The number of carbonyl (C=O) groups is 1. The van der Waals surface area contributed by atoms with Gasteiger partial charge in [0.25, 0.3) is 0 Å². The molecule has 0 aromatic heterocycles. The first-order valence-corrected chi connectivity index (χ1v) is 8.86. The largest absolute Gasteiger partial charge is 0.366 e. The standard InChI is InChI=1S/C20H32O2/c1-14(2)17-8-6-15(3)12-18(21)13-16(4)7-9-19-20(5,22-19)11-10-17/h6,8,14,16,19H,7,9-13H2,1-5H3/b15-6+,17-8+/t16-,19-,20-/m0/s1. The number of rotatable bonds is 1. The van der Waals surface area contributed by atoms with Crippen molar-refractivity contribution >= 4 is 5.78 Å². The predicted octanol–water partition coefficient (Wildman–Crippen LogP) is 5.23. The summed E-state index contributed by atoms with van der Waals surface area (Å²) in [6, 6.07) is 0. The molecule has 0 amide bonds. The molecule has 0 aromatic carbocycles. The van der Waals surface area contributed by atoms with Crippen LogP contribution in [-0.4, -0.2) is 17.5 Å². The molecule has 1 fully saturated rings. The van der Waals surface area contributed by atoms with Crippen LogP contribution >= 0.6 is 0 Å². The predicted molar refractivity (Wildman–Crippen MR) is 91.8 cm³/mol. The molecule has 2 nitrogen and oxygen atoms in total. The van der Waals surface area contributed by atoms with E-state index in [0.717, 1.165) is 25.7 Å². The molecular formula is C20H32O2. The average molecular weight is 304 g/mol. The van der Waals surface area contributed by atoms with E-state index in [2.05, 4.69) is 46.8 Å². The van der Waals surface area contributed by atoms with Gasteiger partial charge < -0.3 is 4.74 Å². The van der Waals surface area contributed by atoms with Crippen LogP contribution in [0.2, 0.25) is 0 Å². The summed E-state index contributed by atoms with van der Waals surface area (Å²) in [5.41, 5.74) is 2.72. The number of epoxide rings is 1. The van der Waals surface area contributed by atoms with E-state index in [4.69, 9.17) is 4.74 Å². The molecule has 0 saturated carbocycles. The summed E-state index contributed by atoms with van der Waals surface area (Å²) in [7, 11) is 0. The van der Waals surface area contributed by atoms with Crippen molar-refractivity contribution < 1.29 is 9.53 Å². The highest BCUT2D eigenvalue weighted by Crippen LogP contribution is 2.44. The molecule has 22 heavy (non-hydrogen) atoms. The summed E-state index contributed by atoms with van der Waals surface area (Å²) in [5, 5.41) is 0. The van der Waals surface area contributed by atoms with E-state index in [-0.39, 0.29) is 5.60 Å². The summed E-state index contributed by atoms with van der Waals surface area (Å²) < 4.78 is 5.98. The number of hydrogen-bond acceptors (Lipinski definition) is 2. The molecule has 1 heterocycles. The first-order chi connectivity index (χ1) is 10.3. The second kappa shape index (κ2) is 7.12. The van der Waals surface area contributed by atoms with E-state index in [0.29, 0.717) is 36.6 Å². The van der Waals surface area contributed by atoms with Gasteiger partial charge in [0.1, 0.15) is 5.78 Å². The Kier molecular flexibility index (Phi) is 5.65. The SMILES string of the molecule is C/C1=C\C=C(\C(C)C)CC[C@]2(C)O[C@H]2CC[C@H](C)CC(=O)C1. The monoisotopic (exact) mass is 304 g/mol. The molecule has 0 unspecified atom stereocenters. The van der Waals surface area contributed by atoms with Gasteiger partial charge in [-0.1, -0.05) is 44.1 Å². The third-order valence-electron chi connectivity index (χ3n) is 5.24. The molecule has 0 spiro atoms. The first kappa shape index (κ1) is 17.5. The molecule has 124 valence electrons. The Bertz CT molecular complexity index is 472. The lowest BCUT2D eigenvalue weighted by atomic mass is 9.88. The number of ether oxygens (including phenoxy) is 1. The average Bonchev–Trinajstić information content (AvgIpc) is 3.06. The summed E-state index contributed by atoms with van der Waals surface area (Å²) in [6.45, 7) is 11.0. The minimum Gasteiger partial charge on any atom is -0.366 e. The molecular weight excluding hydrogens is 272 g/mol. The van der Waals surface area contributed by atoms with Crippen molar-refractivity contribution in [1.82, 2.24) is 0 Å². The first-order valence-electron chi connectivity index (χ1n) is 8.86. The van der Waals surface area contributed by atoms with Crippen LogP contribution in [-0.2, 0) is 9.53 Å². The Hall–Kier alpha value is -0.890. The lowest BCUT2D eigenvalue weighted by molar-refractivity contribution is -0.119. The van der Waals surface area contributed by atoms with Crippen LogP contribution < -0.4 is 0 Å². The van der Waals surface area contributed by atoms with Crippen molar-refractivity contribution in [2.75, 3.05) is 0 Å². The van der Waals surface area contributed by atoms with Crippen LogP contribution in [0, 0.1) is 11.8 Å².